The zero-order chi connectivity index (χ0) is 13.3. The van der Waals surface area contributed by atoms with E-state index >= 15 is 0 Å². The van der Waals surface area contributed by atoms with Gasteiger partial charge in [-0.25, -0.2) is 0 Å². The first-order chi connectivity index (χ1) is 8.52. The molecule has 2 aromatic rings. The molecule has 18 heavy (non-hydrogen) atoms. The second-order valence-corrected chi connectivity index (χ2v) is 4.57. The van der Waals surface area contributed by atoms with E-state index in [2.05, 4.69) is 5.10 Å². The van der Waals surface area contributed by atoms with E-state index in [0.29, 0.717) is 16.3 Å². The first-order valence-corrected chi connectivity index (χ1v) is 5.98. The molecule has 0 aliphatic rings. The first-order valence-electron chi connectivity index (χ1n) is 5.60. The van der Waals surface area contributed by atoms with Gasteiger partial charge in [0.2, 0.25) is 0 Å². The van der Waals surface area contributed by atoms with E-state index in [0.717, 1.165) is 17.1 Å². The molecule has 0 unspecified atom stereocenters. The van der Waals surface area contributed by atoms with E-state index in [9.17, 15) is 5.11 Å². The highest BCUT2D eigenvalue weighted by molar-refractivity contribution is 6.30. The Kier molecular flexibility index (Phi) is 3.59. The minimum Gasteiger partial charge on any atom is -0.453 e. The number of benzene rings is 1. The third-order valence-electron chi connectivity index (χ3n) is 2.85. The third kappa shape index (κ3) is 2.35. The van der Waals surface area contributed by atoms with Crippen molar-refractivity contribution in [3.05, 3.63) is 40.2 Å². The predicted octanol–water partition coefficient (Wildman–Crippen LogP) is 2.97. The number of nitrogens with zero attached hydrogens (tertiary/aromatic N) is 2. The molecule has 0 spiro atoms. The molecule has 5 heteroatoms. The molecule has 0 aliphatic carbocycles. The van der Waals surface area contributed by atoms with Crippen LogP contribution in [0.3, 0.4) is 0 Å². The largest absolute Gasteiger partial charge is 0.453 e. The number of aromatic nitrogens is 2. The van der Waals surface area contributed by atoms with Gasteiger partial charge in [-0.3, -0.25) is 4.68 Å². The standard InChI is InChI=1S/C13H15ClN2O2/c1-8-13(9(2)16(3)15-8)18-12-5-4-11(14)6-10(12)7-17/h4-6,17H,7H2,1-3H3. The number of ether oxygens (including phenoxy) is 1. The number of rotatable bonds is 3. The summed E-state index contributed by atoms with van der Waals surface area (Å²) < 4.78 is 7.60. The third-order valence-corrected chi connectivity index (χ3v) is 3.08. The van der Waals surface area contributed by atoms with E-state index in [1.807, 2.05) is 20.9 Å². The Labute approximate surface area is 111 Å². The van der Waals surface area contributed by atoms with Gasteiger partial charge in [0.15, 0.2) is 5.75 Å². The molecule has 0 aliphatic heterocycles. The van der Waals surface area contributed by atoms with Crippen LogP contribution < -0.4 is 4.74 Å². The Hall–Kier alpha value is -1.52. The monoisotopic (exact) mass is 266 g/mol. The maximum absolute atomic E-state index is 9.31. The Morgan fingerprint density at radius 3 is 2.67 bits per heavy atom. The summed E-state index contributed by atoms with van der Waals surface area (Å²) in [4.78, 5) is 0. The van der Waals surface area contributed by atoms with Gasteiger partial charge in [0.1, 0.15) is 11.4 Å². The van der Waals surface area contributed by atoms with Gasteiger partial charge in [-0.05, 0) is 32.0 Å². The van der Waals surface area contributed by atoms with E-state index in [1.165, 1.54) is 0 Å². The fourth-order valence-corrected chi connectivity index (χ4v) is 1.98. The normalized spacial score (nSPS) is 10.7. The lowest BCUT2D eigenvalue weighted by molar-refractivity contribution is 0.276. The Morgan fingerprint density at radius 1 is 1.39 bits per heavy atom. The zero-order valence-electron chi connectivity index (χ0n) is 10.6. The summed E-state index contributed by atoms with van der Waals surface area (Å²) >= 11 is 5.88. The van der Waals surface area contributed by atoms with Crippen molar-refractivity contribution >= 4 is 11.6 Å². The molecule has 96 valence electrons. The van der Waals surface area contributed by atoms with Crippen LogP contribution in [0, 0.1) is 13.8 Å². The molecule has 2 rings (SSSR count). The number of halogens is 1. The molecule has 0 amide bonds. The second kappa shape index (κ2) is 5.00. The Morgan fingerprint density at radius 2 is 2.11 bits per heavy atom. The molecule has 0 radical (unpaired) electrons. The van der Waals surface area contributed by atoms with Crippen molar-refractivity contribution in [1.29, 1.82) is 0 Å². The number of aryl methyl sites for hydroxylation is 2. The van der Waals surface area contributed by atoms with Gasteiger partial charge in [0.25, 0.3) is 0 Å². The molecule has 1 N–H and O–H groups in total. The van der Waals surface area contributed by atoms with Crippen LogP contribution in [-0.4, -0.2) is 14.9 Å². The van der Waals surface area contributed by atoms with Crippen LogP contribution in [0.5, 0.6) is 11.5 Å². The molecular weight excluding hydrogens is 252 g/mol. The van der Waals surface area contributed by atoms with Gasteiger partial charge < -0.3 is 9.84 Å². The lowest BCUT2D eigenvalue weighted by Gasteiger charge is -2.10. The highest BCUT2D eigenvalue weighted by Crippen LogP contribution is 2.31. The summed E-state index contributed by atoms with van der Waals surface area (Å²) in [5.74, 6) is 1.32. The van der Waals surface area contributed by atoms with Crippen molar-refractivity contribution in [2.45, 2.75) is 20.5 Å². The average Bonchev–Trinajstić information content (AvgIpc) is 2.58. The first kappa shape index (κ1) is 12.9. The fourth-order valence-electron chi connectivity index (χ4n) is 1.78. The zero-order valence-corrected chi connectivity index (χ0v) is 11.3. The van der Waals surface area contributed by atoms with Gasteiger partial charge in [-0.2, -0.15) is 5.10 Å². The van der Waals surface area contributed by atoms with E-state index < -0.39 is 0 Å². The van der Waals surface area contributed by atoms with Gasteiger partial charge in [0, 0.05) is 17.6 Å². The molecule has 0 bridgehead atoms. The Balaban J connectivity index is 2.39. The maximum Gasteiger partial charge on any atom is 0.171 e. The highest BCUT2D eigenvalue weighted by atomic mass is 35.5. The van der Waals surface area contributed by atoms with E-state index in [-0.39, 0.29) is 6.61 Å². The average molecular weight is 267 g/mol. The molecule has 0 saturated carbocycles. The number of aliphatic hydroxyl groups excluding tert-OH is 1. The fraction of sp³-hybridized carbons (Fsp3) is 0.308. The van der Waals surface area contributed by atoms with Gasteiger partial charge in [-0.15, -0.1) is 0 Å². The van der Waals surface area contributed by atoms with E-state index in [4.69, 9.17) is 16.3 Å². The lowest BCUT2D eigenvalue weighted by Crippen LogP contribution is -1.95. The molecular formula is C13H15ClN2O2. The Bertz CT molecular complexity index is 579. The summed E-state index contributed by atoms with van der Waals surface area (Å²) in [5.41, 5.74) is 2.41. The quantitative estimate of drug-likeness (QED) is 0.929. The van der Waals surface area contributed by atoms with Crippen molar-refractivity contribution in [3.63, 3.8) is 0 Å². The van der Waals surface area contributed by atoms with Crippen LogP contribution in [0.2, 0.25) is 5.02 Å². The molecule has 4 nitrogen and oxygen atoms in total. The lowest BCUT2D eigenvalue weighted by atomic mass is 10.2. The van der Waals surface area contributed by atoms with Crippen molar-refractivity contribution in [3.8, 4) is 11.5 Å². The highest BCUT2D eigenvalue weighted by Gasteiger charge is 2.13. The van der Waals surface area contributed by atoms with Gasteiger partial charge >= 0.3 is 0 Å². The van der Waals surface area contributed by atoms with Crippen LogP contribution in [0.1, 0.15) is 17.0 Å². The molecule has 1 aromatic heterocycles. The molecule has 0 saturated heterocycles. The molecule has 1 aromatic carbocycles. The van der Waals surface area contributed by atoms with Crippen LogP contribution >= 0.6 is 11.6 Å². The van der Waals surface area contributed by atoms with E-state index in [1.54, 1.807) is 22.9 Å². The smallest absolute Gasteiger partial charge is 0.171 e. The number of hydrogen-bond acceptors (Lipinski definition) is 3. The van der Waals surface area contributed by atoms with Crippen molar-refractivity contribution in [1.82, 2.24) is 9.78 Å². The van der Waals surface area contributed by atoms with Crippen LogP contribution in [-0.2, 0) is 13.7 Å². The number of aliphatic hydroxyl groups is 1. The minimum atomic E-state index is -0.117. The summed E-state index contributed by atoms with van der Waals surface area (Å²) in [6.45, 7) is 3.70. The van der Waals surface area contributed by atoms with Crippen LogP contribution in [0.25, 0.3) is 0 Å². The summed E-state index contributed by atoms with van der Waals surface area (Å²) in [6, 6.07) is 5.18. The predicted molar refractivity (Wildman–Crippen MR) is 70.1 cm³/mol. The molecule has 1 heterocycles. The van der Waals surface area contributed by atoms with Gasteiger partial charge in [-0.1, -0.05) is 11.6 Å². The molecule has 0 fully saturated rings. The summed E-state index contributed by atoms with van der Waals surface area (Å²) in [6.07, 6.45) is 0. The topological polar surface area (TPSA) is 47.3 Å². The number of hydrogen-bond donors (Lipinski definition) is 1. The van der Waals surface area contributed by atoms with Gasteiger partial charge in [0.05, 0.1) is 12.3 Å². The second-order valence-electron chi connectivity index (χ2n) is 4.14. The maximum atomic E-state index is 9.31. The van der Waals surface area contributed by atoms with Crippen molar-refractivity contribution in [2.24, 2.45) is 7.05 Å². The SMILES string of the molecule is Cc1nn(C)c(C)c1Oc1ccc(Cl)cc1CO. The molecule has 0 atom stereocenters. The minimum absolute atomic E-state index is 0.117. The van der Waals surface area contributed by atoms with Crippen LogP contribution in [0.4, 0.5) is 0 Å². The van der Waals surface area contributed by atoms with Crippen molar-refractivity contribution in [2.75, 3.05) is 0 Å². The summed E-state index contributed by atoms with van der Waals surface area (Å²) in [5, 5.41) is 14.2. The summed E-state index contributed by atoms with van der Waals surface area (Å²) in [7, 11) is 1.87. The van der Waals surface area contributed by atoms with Crippen LogP contribution in [0.15, 0.2) is 18.2 Å². The van der Waals surface area contributed by atoms with Crippen molar-refractivity contribution < 1.29 is 9.84 Å².